The fourth-order valence-electron chi connectivity index (χ4n) is 2.11. The second-order valence-electron chi connectivity index (χ2n) is 4.77. The molecule has 0 amide bonds. The maximum atomic E-state index is 12.3. The summed E-state index contributed by atoms with van der Waals surface area (Å²) in [5.74, 6) is 1.09. The van der Waals surface area contributed by atoms with Crippen molar-refractivity contribution in [3.63, 3.8) is 0 Å². The van der Waals surface area contributed by atoms with E-state index in [-0.39, 0.29) is 5.78 Å². The molecule has 5 nitrogen and oxygen atoms in total. The largest absolute Gasteiger partial charge is 0.493 e. The smallest absolute Gasteiger partial charge is 0.203 e. The number of nitrogens with one attached hydrogen (secondary N) is 1. The molecule has 0 aliphatic heterocycles. The van der Waals surface area contributed by atoms with Crippen LogP contribution in [0, 0.1) is 0 Å². The van der Waals surface area contributed by atoms with Crippen molar-refractivity contribution in [1.82, 2.24) is 0 Å². The van der Waals surface area contributed by atoms with Crippen molar-refractivity contribution in [1.29, 1.82) is 0 Å². The number of carbonyl (C=O) groups is 1. The Hall–Kier alpha value is -2.66. The van der Waals surface area contributed by atoms with E-state index in [0.29, 0.717) is 27.8 Å². The number of hydrogen-bond acceptors (Lipinski definition) is 5. The molecule has 0 bridgehead atoms. The molecule has 0 unspecified atom stereocenters. The molecule has 0 aromatic heterocycles. The van der Waals surface area contributed by atoms with Gasteiger partial charge in [0, 0.05) is 28.5 Å². The van der Waals surface area contributed by atoms with E-state index < -0.39 is 0 Å². The van der Waals surface area contributed by atoms with Crippen LogP contribution in [0.5, 0.6) is 17.2 Å². The number of hydrogen-bond donors (Lipinski definition) is 1. The lowest BCUT2D eigenvalue weighted by Crippen LogP contribution is -2.01. The molecule has 2 aromatic rings. The summed E-state index contributed by atoms with van der Waals surface area (Å²) in [4.78, 5) is 12.3. The van der Waals surface area contributed by atoms with Crippen molar-refractivity contribution < 1.29 is 19.0 Å². The molecule has 24 heavy (non-hydrogen) atoms. The third-order valence-corrected chi connectivity index (χ3v) is 3.49. The van der Waals surface area contributed by atoms with Gasteiger partial charge in [-0.25, -0.2) is 0 Å². The van der Waals surface area contributed by atoms with Crippen LogP contribution in [-0.4, -0.2) is 27.1 Å². The summed E-state index contributed by atoms with van der Waals surface area (Å²) in [6, 6.07) is 10.4. The summed E-state index contributed by atoms with van der Waals surface area (Å²) in [5, 5.41) is 3.61. The Balaban J connectivity index is 2.18. The van der Waals surface area contributed by atoms with Crippen molar-refractivity contribution >= 4 is 23.1 Å². The summed E-state index contributed by atoms with van der Waals surface area (Å²) < 4.78 is 15.7. The van der Waals surface area contributed by atoms with E-state index in [2.05, 4.69) is 5.32 Å². The number of anilines is 1. The number of carbonyl (C=O) groups excluding carboxylic acids is 1. The number of rotatable bonds is 7. The average molecular weight is 348 g/mol. The van der Waals surface area contributed by atoms with Crippen molar-refractivity contribution in [2.24, 2.45) is 0 Å². The average Bonchev–Trinajstić information content (AvgIpc) is 2.60. The molecule has 0 radical (unpaired) electrons. The van der Waals surface area contributed by atoms with Crippen LogP contribution in [0.4, 0.5) is 5.69 Å². The molecule has 0 saturated heterocycles. The molecule has 0 heterocycles. The lowest BCUT2D eigenvalue weighted by molar-refractivity contribution is 0.104. The minimum Gasteiger partial charge on any atom is -0.493 e. The quantitative estimate of drug-likeness (QED) is 0.601. The number of allylic oxidation sites excluding steroid dienone is 1. The first-order chi connectivity index (χ1) is 11.6. The van der Waals surface area contributed by atoms with E-state index >= 15 is 0 Å². The van der Waals surface area contributed by atoms with E-state index in [4.69, 9.17) is 25.8 Å². The lowest BCUT2D eigenvalue weighted by atomic mass is 10.1. The van der Waals surface area contributed by atoms with Gasteiger partial charge in [-0.1, -0.05) is 17.7 Å². The van der Waals surface area contributed by atoms with Gasteiger partial charge in [0.25, 0.3) is 0 Å². The Kier molecular flexibility index (Phi) is 6.09. The predicted molar refractivity (Wildman–Crippen MR) is 94.6 cm³/mol. The van der Waals surface area contributed by atoms with Gasteiger partial charge < -0.3 is 19.5 Å². The number of methoxy groups -OCH3 is 3. The Morgan fingerprint density at radius 1 is 1.04 bits per heavy atom. The second-order valence-corrected chi connectivity index (χ2v) is 5.20. The van der Waals surface area contributed by atoms with Gasteiger partial charge in [-0.05, 0) is 30.3 Å². The SMILES string of the molecule is COc1cc(C(=O)/C=C/Nc2cccc(Cl)c2)cc(OC)c1OC. The van der Waals surface area contributed by atoms with E-state index in [9.17, 15) is 4.79 Å². The van der Waals surface area contributed by atoms with Gasteiger partial charge in [0.1, 0.15) is 0 Å². The minimum atomic E-state index is -0.205. The molecule has 0 spiro atoms. The topological polar surface area (TPSA) is 56.8 Å². The first-order valence-corrected chi connectivity index (χ1v) is 7.49. The van der Waals surface area contributed by atoms with Gasteiger partial charge in [-0.15, -0.1) is 0 Å². The zero-order chi connectivity index (χ0) is 17.5. The minimum absolute atomic E-state index is 0.205. The zero-order valence-corrected chi connectivity index (χ0v) is 14.4. The van der Waals surface area contributed by atoms with Gasteiger partial charge in [-0.2, -0.15) is 0 Å². The summed E-state index contributed by atoms with van der Waals surface area (Å²) in [6.45, 7) is 0. The van der Waals surface area contributed by atoms with Crippen molar-refractivity contribution in [2.75, 3.05) is 26.6 Å². The number of halogens is 1. The van der Waals surface area contributed by atoms with Crippen LogP contribution >= 0.6 is 11.6 Å². The van der Waals surface area contributed by atoms with Crippen LogP contribution in [0.15, 0.2) is 48.7 Å². The van der Waals surface area contributed by atoms with Crippen LogP contribution in [0.25, 0.3) is 0 Å². The molecular formula is C18H18ClNO4. The molecule has 0 atom stereocenters. The van der Waals surface area contributed by atoms with Gasteiger partial charge in [0.15, 0.2) is 17.3 Å². The summed E-state index contributed by atoms with van der Waals surface area (Å²) in [7, 11) is 4.51. The highest BCUT2D eigenvalue weighted by molar-refractivity contribution is 6.30. The molecule has 0 aliphatic rings. The van der Waals surface area contributed by atoms with E-state index in [1.165, 1.54) is 27.4 Å². The molecule has 2 aromatic carbocycles. The van der Waals surface area contributed by atoms with Crippen LogP contribution in [0.1, 0.15) is 10.4 Å². The van der Waals surface area contributed by atoms with Crippen LogP contribution in [0.3, 0.4) is 0 Å². The highest BCUT2D eigenvalue weighted by Crippen LogP contribution is 2.38. The van der Waals surface area contributed by atoms with Crippen LogP contribution < -0.4 is 19.5 Å². The second kappa shape index (κ2) is 8.26. The third-order valence-electron chi connectivity index (χ3n) is 3.26. The zero-order valence-electron chi connectivity index (χ0n) is 13.6. The molecule has 2 rings (SSSR count). The molecule has 0 aliphatic carbocycles. The maximum Gasteiger partial charge on any atom is 0.203 e. The van der Waals surface area contributed by atoms with E-state index in [1.807, 2.05) is 12.1 Å². The highest BCUT2D eigenvalue weighted by Gasteiger charge is 2.15. The summed E-state index contributed by atoms with van der Waals surface area (Å²) >= 11 is 5.91. The van der Waals surface area contributed by atoms with E-state index in [0.717, 1.165) is 5.69 Å². The van der Waals surface area contributed by atoms with Gasteiger partial charge in [-0.3, -0.25) is 4.79 Å². The Bertz CT molecular complexity index is 733. The normalized spacial score (nSPS) is 10.5. The maximum absolute atomic E-state index is 12.3. The van der Waals surface area contributed by atoms with Gasteiger partial charge in [0.05, 0.1) is 21.3 Å². The number of ether oxygens (including phenoxy) is 3. The third kappa shape index (κ3) is 4.20. The molecule has 6 heteroatoms. The monoisotopic (exact) mass is 347 g/mol. The molecule has 1 N–H and O–H groups in total. The molecule has 126 valence electrons. The first kappa shape index (κ1) is 17.7. The van der Waals surface area contributed by atoms with Crippen molar-refractivity contribution in [3.05, 3.63) is 59.3 Å². The predicted octanol–water partition coefficient (Wildman–Crippen LogP) is 4.17. The van der Waals surface area contributed by atoms with Crippen LogP contribution in [0.2, 0.25) is 5.02 Å². The highest BCUT2D eigenvalue weighted by atomic mass is 35.5. The summed E-state index contributed by atoms with van der Waals surface area (Å²) in [6.07, 6.45) is 2.97. The van der Waals surface area contributed by atoms with Gasteiger partial charge in [0.2, 0.25) is 5.75 Å². The molecule has 0 saturated carbocycles. The van der Waals surface area contributed by atoms with Gasteiger partial charge >= 0.3 is 0 Å². The van der Waals surface area contributed by atoms with Crippen LogP contribution in [-0.2, 0) is 0 Å². The number of ketones is 1. The fraction of sp³-hybridized carbons (Fsp3) is 0.167. The lowest BCUT2D eigenvalue weighted by Gasteiger charge is -2.13. The molecule has 0 fully saturated rings. The Morgan fingerprint density at radius 3 is 2.25 bits per heavy atom. The number of benzene rings is 2. The van der Waals surface area contributed by atoms with E-state index in [1.54, 1.807) is 30.5 Å². The summed E-state index contributed by atoms with van der Waals surface area (Å²) in [5.41, 5.74) is 1.21. The fourth-order valence-corrected chi connectivity index (χ4v) is 2.30. The Labute approximate surface area is 145 Å². The van der Waals surface area contributed by atoms with Crippen molar-refractivity contribution in [3.8, 4) is 17.2 Å². The van der Waals surface area contributed by atoms with Crippen molar-refractivity contribution in [2.45, 2.75) is 0 Å². The first-order valence-electron chi connectivity index (χ1n) is 7.12. The standard InChI is InChI=1S/C18H18ClNO4/c1-22-16-9-12(10-17(23-2)18(16)24-3)15(21)7-8-20-14-6-4-5-13(19)11-14/h4-11,20H,1-3H3/b8-7+. The molecular weight excluding hydrogens is 330 g/mol. The Morgan fingerprint density at radius 2 is 1.71 bits per heavy atom.